The molecule has 1 heterocycles. The lowest BCUT2D eigenvalue weighted by Gasteiger charge is -2.14. The third-order valence-electron chi connectivity index (χ3n) is 3.42. The van der Waals surface area contributed by atoms with Gasteiger partial charge in [0.15, 0.2) is 4.80 Å². The summed E-state index contributed by atoms with van der Waals surface area (Å²) in [5.74, 6) is 0.0635. The Balaban J connectivity index is 2.52. The van der Waals surface area contributed by atoms with Crippen LogP contribution in [0.15, 0.2) is 29.4 Å². The molecule has 0 aliphatic rings. The van der Waals surface area contributed by atoms with Gasteiger partial charge in [-0.05, 0) is 23.6 Å². The van der Waals surface area contributed by atoms with Gasteiger partial charge in [-0.15, -0.1) is 11.3 Å². The molecule has 1 amide bonds. The summed E-state index contributed by atoms with van der Waals surface area (Å²) in [4.78, 5) is 18.7. The van der Waals surface area contributed by atoms with Crippen LogP contribution in [0.1, 0.15) is 36.0 Å². The normalized spacial score (nSPS) is 12.5. The molecule has 2 rings (SSSR count). The first-order valence-electron chi connectivity index (χ1n) is 7.59. The number of nitrogens with two attached hydrogens (primary N) is 1. The number of thiazole rings is 1. The molecule has 0 radical (unpaired) electrons. The van der Waals surface area contributed by atoms with Crippen molar-refractivity contribution in [1.29, 1.82) is 0 Å². The van der Waals surface area contributed by atoms with Crippen LogP contribution in [0.25, 0.3) is 0 Å². The Morgan fingerprint density at radius 1 is 1.42 bits per heavy atom. The number of nitrogens with zero attached hydrogens (tertiary/aromatic N) is 2. The summed E-state index contributed by atoms with van der Waals surface area (Å²) in [6, 6.07) is 4.90. The third-order valence-corrected chi connectivity index (χ3v) is 5.10. The molecule has 0 bridgehead atoms. The van der Waals surface area contributed by atoms with E-state index in [1.165, 1.54) is 18.4 Å². The van der Waals surface area contributed by atoms with E-state index in [1.54, 1.807) is 18.2 Å². The summed E-state index contributed by atoms with van der Waals surface area (Å²) in [7, 11) is 1.51. The van der Waals surface area contributed by atoms with Gasteiger partial charge in [0.1, 0.15) is 5.75 Å². The molecule has 130 valence electrons. The molecule has 7 heteroatoms. The van der Waals surface area contributed by atoms with Crippen LogP contribution >= 0.6 is 22.9 Å². The standard InChI is InChI=1S/C17H22ClN3O2S/c1-17(2,3)14-10-21(8-7-19)16(24-14)20-15(22)12-9-11(18)5-6-13(12)23-4/h5-6,9-10H,7-8,19H2,1-4H3. The van der Waals surface area contributed by atoms with Gasteiger partial charge in [-0.3, -0.25) is 4.79 Å². The van der Waals surface area contributed by atoms with Gasteiger partial charge in [0.2, 0.25) is 0 Å². The van der Waals surface area contributed by atoms with E-state index in [0.29, 0.717) is 34.2 Å². The fraction of sp³-hybridized carbons (Fsp3) is 0.412. The predicted molar refractivity (Wildman–Crippen MR) is 98.0 cm³/mol. The van der Waals surface area contributed by atoms with Crippen LogP contribution < -0.4 is 15.3 Å². The molecular formula is C17H22ClN3O2S. The second-order valence-electron chi connectivity index (χ2n) is 6.37. The molecular weight excluding hydrogens is 346 g/mol. The van der Waals surface area contributed by atoms with Crippen LogP contribution in [-0.4, -0.2) is 24.1 Å². The van der Waals surface area contributed by atoms with Crippen molar-refractivity contribution in [3.8, 4) is 5.75 Å². The van der Waals surface area contributed by atoms with Crippen molar-refractivity contribution < 1.29 is 9.53 Å². The lowest BCUT2D eigenvalue weighted by atomic mass is 9.95. The third kappa shape index (κ3) is 4.26. The lowest BCUT2D eigenvalue weighted by molar-refractivity contribution is 0.0995. The summed E-state index contributed by atoms with van der Waals surface area (Å²) in [5, 5.41) is 0.464. The molecule has 0 atom stereocenters. The minimum absolute atomic E-state index is 0.0222. The number of amides is 1. The molecule has 2 aromatic rings. The van der Waals surface area contributed by atoms with E-state index < -0.39 is 0 Å². The zero-order chi connectivity index (χ0) is 17.9. The summed E-state index contributed by atoms with van der Waals surface area (Å²) < 4.78 is 7.15. The zero-order valence-corrected chi connectivity index (χ0v) is 15.9. The molecule has 0 aliphatic carbocycles. The summed E-state index contributed by atoms with van der Waals surface area (Å²) in [6.07, 6.45) is 2.01. The van der Waals surface area contributed by atoms with Gasteiger partial charge < -0.3 is 15.0 Å². The topological polar surface area (TPSA) is 69.6 Å². The van der Waals surface area contributed by atoms with Crippen molar-refractivity contribution in [3.63, 3.8) is 0 Å². The predicted octanol–water partition coefficient (Wildman–Crippen LogP) is 3.21. The van der Waals surface area contributed by atoms with Crippen LogP contribution in [0.2, 0.25) is 5.02 Å². The fourth-order valence-electron chi connectivity index (χ4n) is 2.11. The Labute approximate surface area is 150 Å². The van der Waals surface area contributed by atoms with Gasteiger partial charge in [-0.1, -0.05) is 32.4 Å². The van der Waals surface area contributed by atoms with Crippen LogP contribution in [0.3, 0.4) is 0 Å². The Hall–Kier alpha value is -1.63. The van der Waals surface area contributed by atoms with E-state index in [2.05, 4.69) is 25.8 Å². The molecule has 0 spiro atoms. The van der Waals surface area contributed by atoms with Gasteiger partial charge in [0.25, 0.3) is 5.91 Å². The summed E-state index contributed by atoms with van der Waals surface area (Å²) in [5.41, 5.74) is 6.00. The molecule has 1 aromatic heterocycles. The average Bonchev–Trinajstić information content (AvgIpc) is 2.90. The number of benzene rings is 1. The Bertz CT molecular complexity index is 803. The van der Waals surface area contributed by atoms with Crippen LogP contribution in [0, 0.1) is 0 Å². The van der Waals surface area contributed by atoms with E-state index >= 15 is 0 Å². The number of aromatic nitrogens is 1. The van der Waals surface area contributed by atoms with Gasteiger partial charge in [-0.2, -0.15) is 4.99 Å². The Morgan fingerprint density at radius 2 is 2.12 bits per heavy atom. The van der Waals surface area contributed by atoms with E-state index in [4.69, 9.17) is 22.1 Å². The largest absolute Gasteiger partial charge is 0.496 e. The highest BCUT2D eigenvalue weighted by Crippen LogP contribution is 2.25. The highest BCUT2D eigenvalue weighted by Gasteiger charge is 2.19. The molecule has 1 aromatic carbocycles. The number of methoxy groups -OCH3 is 1. The molecule has 0 unspecified atom stereocenters. The highest BCUT2D eigenvalue weighted by molar-refractivity contribution is 7.09. The first-order chi connectivity index (χ1) is 11.3. The zero-order valence-electron chi connectivity index (χ0n) is 14.3. The van der Waals surface area contributed by atoms with Crippen molar-refractivity contribution in [2.75, 3.05) is 13.7 Å². The molecule has 0 aliphatic heterocycles. The van der Waals surface area contributed by atoms with Crippen molar-refractivity contribution >= 4 is 28.8 Å². The number of rotatable bonds is 4. The van der Waals surface area contributed by atoms with Gasteiger partial charge >= 0.3 is 0 Å². The maximum absolute atomic E-state index is 12.6. The van der Waals surface area contributed by atoms with E-state index in [-0.39, 0.29) is 11.3 Å². The van der Waals surface area contributed by atoms with Crippen LogP contribution in [-0.2, 0) is 12.0 Å². The lowest BCUT2D eigenvalue weighted by Crippen LogP contribution is -2.20. The Morgan fingerprint density at radius 3 is 2.71 bits per heavy atom. The SMILES string of the molecule is COc1ccc(Cl)cc1C(=O)N=c1sc(C(C)(C)C)cn1CCN. The molecule has 0 saturated carbocycles. The minimum Gasteiger partial charge on any atom is -0.496 e. The number of hydrogen-bond donors (Lipinski definition) is 1. The number of hydrogen-bond acceptors (Lipinski definition) is 4. The van der Waals surface area contributed by atoms with Crippen molar-refractivity contribution in [3.05, 3.63) is 44.7 Å². The quantitative estimate of drug-likeness (QED) is 0.902. The fourth-order valence-corrected chi connectivity index (χ4v) is 3.35. The number of ether oxygens (including phenoxy) is 1. The maximum Gasteiger partial charge on any atom is 0.283 e. The smallest absolute Gasteiger partial charge is 0.283 e. The van der Waals surface area contributed by atoms with E-state index in [1.807, 2.05) is 10.8 Å². The number of carbonyl (C=O) groups is 1. The monoisotopic (exact) mass is 367 g/mol. The molecule has 5 nitrogen and oxygen atoms in total. The van der Waals surface area contributed by atoms with Gasteiger partial charge in [0.05, 0.1) is 12.7 Å². The van der Waals surface area contributed by atoms with Crippen molar-refractivity contribution in [2.45, 2.75) is 32.7 Å². The summed E-state index contributed by atoms with van der Waals surface area (Å²) >= 11 is 7.49. The number of carbonyl (C=O) groups excluding carboxylic acids is 1. The van der Waals surface area contributed by atoms with Crippen LogP contribution in [0.5, 0.6) is 5.75 Å². The van der Waals surface area contributed by atoms with Gasteiger partial charge in [-0.25, -0.2) is 0 Å². The van der Waals surface area contributed by atoms with Crippen LogP contribution in [0.4, 0.5) is 0 Å². The summed E-state index contributed by atoms with van der Waals surface area (Å²) in [6.45, 7) is 7.44. The highest BCUT2D eigenvalue weighted by atomic mass is 35.5. The maximum atomic E-state index is 12.6. The first kappa shape index (κ1) is 18.7. The molecule has 0 saturated heterocycles. The van der Waals surface area contributed by atoms with Gasteiger partial charge in [0, 0.05) is 29.2 Å². The number of halogens is 1. The second kappa shape index (κ2) is 7.51. The molecule has 24 heavy (non-hydrogen) atoms. The minimum atomic E-state index is -0.387. The van der Waals surface area contributed by atoms with E-state index in [9.17, 15) is 4.79 Å². The van der Waals surface area contributed by atoms with Crippen molar-refractivity contribution in [1.82, 2.24) is 4.57 Å². The Kier molecular flexibility index (Phi) is 5.85. The van der Waals surface area contributed by atoms with Crippen molar-refractivity contribution in [2.24, 2.45) is 10.7 Å². The average molecular weight is 368 g/mol. The van der Waals surface area contributed by atoms with E-state index in [0.717, 1.165) is 4.88 Å². The first-order valence-corrected chi connectivity index (χ1v) is 8.79. The molecule has 2 N–H and O–H groups in total. The second-order valence-corrected chi connectivity index (χ2v) is 7.82. The molecule has 0 fully saturated rings.